The molecule has 26 heavy (non-hydrogen) atoms. The number of aromatic nitrogens is 2. The second-order valence-corrected chi connectivity index (χ2v) is 6.99. The summed E-state index contributed by atoms with van der Waals surface area (Å²) in [5.74, 6) is 0.848. The van der Waals surface area contributed by atoms with Crippen molar-refractivity contribution in [3.8, 4) is 17.0 Å². The third kappa shape index (κ3) is 2.79. The number of hydrogen-bond acceptors (Lipinski definition) is 5. The van der Waals surface area contributed by atoms with Crippen molar-refractivity contribution < 1.29 is 9.53 Å². The van der Waals surface area contributed by atoms with Gasteiger partial charge >= 0.3 is 0 Å². The molecule has 1 aromatic heterocycles. The molecular weight excluding hydrogens is 328 g/mol. The first kappa shape index (κ1) is 16.8. The number of amides is 1. The lowest BCUT2D eigenvalue weighted by molar-refractivity contribution is 0.0996. The highest BCUT2D eigenvalue weighted by atomic mass is 16.5. The highest BCUT2D eigenvalue weighted by Gasteiger charge is 2.29. The third-order valence-electron chi connectivity index (χ3n) is 5.32. The lowest BCUT2D eigenvalue weighted by Gasteiger charge is -2.39. The summed E-state index contributed by atoms with van der Waals surface area (Å²) in [5.41, 5.74) is 10.2. The SMILES string of the molecule is CCOc1cc(-c2nc(N3CC[C@@H]3C)nc3c2CCC3)ccc1C(N)=O. The first-order valence-electron chi connectivity index (χ1n) is 9.32. The van der Waals surface area contributed by atoms with E-state index in [4.69, 9.17) is 20.4 Å². The van der Waals surface area contributed by atoms with Gasteiger partial charge in [0.25, 0.3) is 5.91 Å². The number of benzene rings is 1. The Kier molecular flexibility index (Phi) is 4.26. The second-order valence-electron chi connectivity index (χ2n) is 6.99. The van der Waals surface area contributed by atoms with E-state index in [1.807, 2.05) is 19.1 Å². The Morgan fingerprint density at radius 2 is 2.19 bits per heavy atom. The smallest absolute Gasteiger partial charge is 0.252 e. The van der Waals surface area contributed by atoms with Crippen LogP contribution in [0.3, 0.4) is 0 Å². The van der Waals surface area contributed by atoms with Gasteiger partial charge in [-0.1, -0.05) is 6.07 Å². The van der Waals surface area contributed by atoms with Crippen LogP contribution in [0.2, 0.25) is 0 Å². The molecule has 6 heteroatoms. The van der Waals surface area contributed by atoms with Gasteiger partial charge in [0, 0.05) is 29.4 Å². The third-order valence-corrected chi connectivity index (χ3v) is 5.32. The molecule has 4 rings (SSSR count). The molecule has 0 bridgehead atoms. The maximum atomic E-state index is 11.7. The van der Waals surface area contributed by atoms with Gasteiger partial charge < -0.3 is 15.4 Å². The Hall–Kier alpha value is -2.63. The molecule has 0 unspecified atom stereocenters. The monoisotopic (exact) mass is 352 g/mol. The van der Waals surface area contributed by atoms with Crippen molar-refractivity contribution in [1.82, 2.24) is 9.97 Å². The summed E-state index contributed by atoms with van der Waals surface area (Å²) in [4.78, 5) is 23.7. The molecule has 2 heterocycles. The zero-order chi connectivity index (χ0) is 18.3. The van der Waals surface area contributed by atoms with E-state index in [1.54, 1.807) is 6.07 Å². The minimum absolute atomic E-state index is 0.401. The second kappa shape index (κ2) is 6.59. The van der Waals surface area contributed by atoms with Gasteiger partial charge in [0.1, 0.15) is 5.75 Å². The van der Waals surface area contributed by atoms with Gasteiger partial charge in [0.05, 0.1) is 17.9 Å². The fourth-order valence-corrected chi connectivity index (χ4v) is 3.75. The number of anilines is 1. The molecule has 1 atom stereocenters. The molecular formula is C20H24N4O2. The van der Waals surface area contributed by atoms with Crippen molar-refractivity contribution in [3.05, 3.63) is 35.0 Å². The predicted octanol–water partition coefficient (Wildman–Crippen LogP) is 2.73. The Labute approximate surface area is 153 Å². The van der Waals surface area contributed by atoms with Crippen molar-refractivity contribution in [2.75, 3.05) is 18.1 Å². The molecule has 1 fully saturated rings. The van der Waals surface area contributed by atoms with Gasteiger partial charge in [-0.25, -0.2) is 9.97 Å². The normalized spacial score (nSPS) is 18.4. The minimum atomic E-state index is -0.483. The maximum Gasteiger partial charge on any atom is 0.252 e. The molecule has 0 radical (unpaired) electrons. The lowest BCUT2D eigenvalue weighted by Crippen LogP contribution is -2.46. The lowest BCUT2D eigenvalue weighted by atomic mass is 10.0. The average Bonchev–Trinajstić information content (AvgIpc) is 3.08. The number of aryl methyl sites for hydroxylation is 1. The summed E-state index contributed by atoms with van der Waals surface area (Å²) in [7, 11) is 0. The number of hydrogen-bond donors (Lipinski definition) is 1. The molecule has 1 aliphatic carbocycles. The van der Waals surface area contributed by atoms with Crippen LogP contribution < -0.4 is 15.4 Å². The zero-order valence-corrected chi connectivity index (χ0v) is 15.3. The standard InChI is InChI=1S/C20H24N4O2/c1-3-26-17-11-13(7-8-15(17)19(21)25)18-14-5-4-6-16(14)22-20(23-18)24-10-9-12(24)2/h7-8,11-12H,3-6,9-10H2,1-2H3,(H2,21,25)/t12-/m0/s1. The number of rotatable bonds is 5. The largest absolute Gasteiger partial charge is 0.493 e. The highest BCUT2D eigenvalue weighted by molar-refractivity contribution is 5.96. The van der Waals surface area contributed by atoms with Crippen molar-refractivity contribution in [3.63, 3.8) is 0 Å². The van der Waals surface area contributed by atoms with Crippen LogP contribution in [-0.4, -0.2) is 35.1 Å². The van der Waals surface area contributed by atoms with E-state index in [-0.39, 0.29) is 0 Å². The first-order valence-corrected chi connectivity index (χ1v) is 9.32. The molecule has 1 aromatic carbocycles. The van der Waals surface area contributed by atoms with Crippen LogP contribution in [0.4, 0.5) is 5.95 Å². The van der Waals surface area contributed by atoms with Crippen molar-refractivity contribution in [2.24, 2.45) is 5.73 Å². The molecule has 1 amide bonds. The van der Waals surface area contributed by atoms with Crippen LogP contribution in [0, 0.1) is 0 Å². The topological polar surface area (TPSA) is 81.3 Å². The van der Waals surface area contributed by atoms with Crippen LogP contribution in [0.25, 0.3) is 11.3 Å². The van der Waals surface area contributed by atoms with E-state index in [1.165, 1.54) is 12.0 Å². The summed E-state index contributed by atoms with van der Waals surface area (Å²) in [6, 6.07) is 6.01. The van der Waals surface area contributed by atoms with Crippen molar-refractivity contribution in [1.29, 1.82) is 0 Å². The molecule has 136 valence electrons. The predicted molar refractivity (Wildman–Crippen MR) is 101 cm³/mol. The fourth-order valence-electron chi connectivity index (χ4n) is 3.75. The van der Waals surface area contributed by atoms with Gasteiger partial charge in [-0.05, 0) is 51.7 Å². The van der Waals surface area contributed by atoms with E-state index in [0.717, 1.165) is 48.7 Å². The number of ether oxygens (including phenoxy) is 1. The Morgan fingerprint density at radius 3 is 2.85 bits per heavy atom. The van der Waals surface area contributed by atoms with Crippen LogP contribution >= 0.6 is 0 Å². The Balaban J connectivity index is 1.82. The number of carbonyl (C=O) groups is 1. The van der Waals surface area contributed by atoms with Gasteiger partial charge in [0.2, 0.25) is 5.95 Å². The van der Waals surface area contributed by atoms with Crippen LogP contribution in [0.5, 0.6) is 5.75 Å². The minimum Gasteiger partial charge on any atom is -0.493 e. The molecule has 6 nitrogen and oxygen atoms in total. The maximum absolute atomic E-state index is 11.7. The van der Waals surface area contributed by atoms with Gasteiger partial charge in [0.15, 0.2) is 0 Å². The van der Waals surface area contributed by atoms with Gasteiger partial charge in [-0.15, -0.1) is 0 Å². The highest BCUT2D eigenvalue weighted by Crippen LogP contribution is 2.35. The number of fused-ring (bicyclic) bond motifs is 1. The van der Waals surface area contributed by atoms with E-state index in [2.05, 4.69) is 11.8 Å². The van der Waals surface area contributed by atoms with Crippen LogP contribution in [0.15, 0.2) is 18.2 Å². The molecule has 2 aliphatic rings. The quantitative estimate of drug-likeness (QED) is 0.895. The number of nitrogens with zero attached hydrogens (tertiary/aromatic N) is 3. The van der Waals surface area contributed by atoms with E-state index < -0.39 is 5.91 Å². The molecule has 1 aliphatic heterocycles. The summed E-state index contributed by atoms with van der Waals surface area (Å²) < 4.78 is 5.65. The summed E-state index contributed by atoms with van der Waals surface area (Å²) >= 11 is 0. The molecule has 0 spiro atoms. The van der Waals surface area contributed by atoms with E-state index >= 15 is 0 Å². The van der Waals surface area contributed by atoms with E-state index in [9.17, 15) is 4.79 Å². The number of carbonyl (C=O) groups excluding carboxylic acids is 1. The Bertz CT molecular complexity index is 865. The molecule has 0 saturated carbocycles. The average molecular weight is 352 g/mol. The van der Waals surface area contributed by atoms with Gasteiger partial charge in [-0.3, -0.25) is 4.79 Å². The summed E-state index contributed by atoms with van der Waals surface area (Å²) in [6.07, 6.45) is 4.27. The van der Waals surface area contributed by atoms with Crippen LogP contribution in [0.1, 0.15) is 48.3 Å². The molecule has 2 N–H and O–H groups in total. The summed E-state index contributed by atoms with van der Waals surface area (Å²) in [6.45, 7) is 5.57. The zero-order valence-electron chi connectivity index (χ0n) is 15.3. The van der Waals surface area contributed by atoms with Crippen molar-refractivity contribution in [2.45, 2.75) is 45.6 Å². The Morgan fingerprint density at radius 1 is 1.35 bits per heavy atom. The fraction of sp³-hybridized carbons (Fsp3) is 0.450. The van der Waals surface area contributed by atoms with Crippen LogP contribution in [-0.2, 0) is 12.8 Å². The van der Waals surface area contributed by atoms with E-state index in [0.29, 0.717) is 24.0 Å². The number of primary amides is 1. The molecule has 2 aromatic rings. The van der Waals surface area contributed by atoms with Gasteiger partial charge in [-0.2, -0.15) is 0 Å². The van der Waals surface area contributed by atoms with Crippen molar-refractivity contribution >= 4 is 11.9 Å². The molecule has 1 saturated heterocycles. The summed E-state index contributed by atoms with van der Waals surface area (Å²) in [5, 5.41) is 0. The number of nitrogens with two attached hydrogens (primary N) is 1. The first-order chi connectivity index (χ1) is 12.6.